The third kappa shape index (κ3) is 3.37. The van der Waals surface area contributed by atoms with Crippen molar-refractivity contribution in [2.45, 2.75) is 32.7 Å². The summed E-state index contributed by atoms with van der Waals surface area (Å²) in [5, 5.41) is 5.87. The molecule has 6 nitrogen and oxygen atoms in total. The van der Waals surface area contributed by atoms with Gasteiger partial charge < -0.3 is 10.2 Å². The standard InChI is InChI=1S/C16H20ClN5OS/c1-16(2,10-17)14(23)22-8-3-4-11(22)12-13(19-6-5-18-12)21-15-20-7-9-24-15/h5-7,9,11H,3-4,8,10H2,1-2H3,(H,19,20,21). The minimum atomic E-state index is -0.588. The lowest BCUT2D eigenvalue weighted by molar-refractivity contribution is -0.140. The molecule has 1 aliphatic heterocycles. The van der Waals surface area contributed by atoms with Crippen LogP contribution in [-0.4, -0.2) is 38.2 Å². The number of anilines is 2. The van der Waals surface area contributed by atoms with Crippen molar-refractivity contribution in [2.24, 2.45) is 5.41 Å². The van der Waals surface area contributed by atoms with Crippen LogP contribution in [0.5, 0.6) is 0 Å². The Hall–Kier alpha value is -1.73. The van der Waals surface area contributed by atoms with Gasteiger partial charge in [-0.2, -0.15) is 0 Å². The van der Waals surface area contributed by atoms with E-state index in [9.17, 15) is 4.79 Å². The third-order valence-electron chi connectivity index (χ3n) is 4.13. The number of amides is 1. The first-order valence-electron chi connectivity index (χ1n) is 7.87. The zero-order valence-corrected chi connectivity index (χ0v) is 15.3. The Labute approximate surface area is 150 Å². The molecule has 1 N–H and O–H groups in total. The molecule has 8 heteroatoms. The number of alkyl halides is 1. The summed E-state index contributed by atoms with van der Waals surface area (Å²) in [5.74, 6) is 1.01. The van der Waals surface area contributed by atoms with Gasteiger partial charge in [-0.25, -0.2) is 9.97 Å². The Kier molecular flexibility index (Phi) is 5.01. The van der Waals surface area contributed by atoms with Gasteiger partial charge in [-0.15, -0.1) is 22.9 Å². The lowest BCUT2D eigenvalue weighted by Gasteiger charge is -2.32. The smallest absolute Gasteiger partial charge is 0.230 e. The molecule has 0 radical (unpaired) electrons. The molecule has 1 atom stereocenters. The molecule has 3 heterocycles. The zero-order valence-electron chi connectivity index (χ0n) is 13.7. The quantitative estimate of drug-likeness (QED) is 0.819. The number of nitrogens with zero attached hydrogens (tertiary/aromatic N) is 4. The number of likely N-dealkylation sites (tertiary alicyclic amines) is 1. The number of halogens is 1. The zero-order chi connectivity index (χ0) is 17.2. The van der Waals surface area contributed by atoms with Crippen LogP contribution in [0.2, 0.25) is 0 Å². The van der Waals surface area contributed by atoms with Crippen LogP contribution in [0.4, 0.5) is 10.9 Å². The first-order chi connectivity index (χ1) is 11.5. The van der Waals surface area contributed by atoms with E-state index >= 15 is 0 Å². The highest BCUT2D eigenvalue weighted by Crippen LogP contribution is 2.37. The van der Waals surface area contributed by atoms with Gasteiger partial charge in [-0.05, 0) is 26.7 Å². The van der Waals surface area contributed by atoms with Crippen molar-refractivity contribution in [3.05, 3.63) is 29.7 Å². The van der Waals surface area contributed by atoms with Crippen LogP contribution < -0.4 is 5.32 Å². The third-order valence-corrected chi connectivity index (χ3v) is 5.48. The minimum absolute atomic E-state index is 0.0610. The highest BCUT2D eigenvalue weighted by atomic mass is 35.5. The number of hydrogen-bond acceptors (Lipinski definition) is 6. The molecular weight excluding hydrogens is 346 g/mol. The fourth-order valence-corrected chi connectivity index (χ4v) is 3.46. The van der Waals surface area contributed by atoms with E-state index < -0.39 is 5.41 Å². The van der Waals surface area contributed by atoms with Crippen LogP contribution >= 0.6 is 22.9 Å². The largest absolute Gasteiger partial charge is 0.333 e. The molecule has 0 bridgehead atoms. The lowest BCUT2D eigenvalue weighted by atomic mass is 9.93. The molecule has 0 spiro atoms. The Morgan fingerprint density at radius 1 is 1.38 bits per heavy atom. The maximum absolute atomic E-state index is 12.9. The summed E-state index contributed by atoms with van der Waals surface area (Å²) in [4.78, 5) is 27.9. The van der Waals surface area contributed by atoms with Crippen LogP contribution in [-0.2, 0) is 4.79 Å². The van der Waals surface area contributed by atoms with Crippen molar-refractivity contribution in [1.82, 2.24) is 19.9 Å². The van der Waals surface area contributed by atoms with Crippen molar-refractivity contribution >= 4 is 39.8 Å². The predicted molar refractivity (Wildman–Crippen MR) is 95.6 cm³/mol. The van der Waals surface area contributed by atoms with Gasteiger partial charge in [0.2, 0.25) is 5.91 Å². The SMILES string of the molecule is CC(C)(CCl)C(=O)N1CCCC1c1nccnc1Nc1nccs1. The predicted octanol–water partition coefficient (Wildman–Crippen LogP) is 3.61. The number of aromatic nitrogens is 3. The first-order valence-corrected chi connectivity index (χ1v) is 9.29. The van der Waals surface area contributed by atoms with E-state index in [1.54, 1.807) is 18.6 Å². The maximum Gasteiger partial charge on any atom is 0.230 e. The van der Waals surface area contributed by atoms with E-state index in [1.807, 2.05) is 24.1 Å². The number of hydrogen-bond donors (Lipinski definition) is 1. The topological polar surface area (TPSA) is 71.0 Å². The van der Waals surface area contributed by atoms with Crippen molar-refractivity contribution in [3.8, 4) is 0 Å². The van der Waals surface area contributed by atoms with E-state index in [0.717, 1.165) is 30.2 Å². The molecule has 1 aliphatic rings. The summed E-state index contributed by atoms with van der Waals surface area (Å²) in [6.45, 7) is 4.48. The summed E-state index contributed by atoms with van der Waals surface area (Å²) in [6.07, 6.45) is 6.86. The highest BCUT2D eigenvalue weighted by Gasteiger charge is 2.39. The Morgan fingerprint density at radius 2 is 2.17 bits per heavy atom. The molecule has 3 rings (SSSR count). The number of rotatable bonds is 5. The van der Waals surface area contributed by atoms with E-state index in [2.05, 4.69) is 20.3 Å². The van der Waals surface area contributed by atoms with Crippen LogP contribution in [0.25, 0.3) is 0 Å². The van der Waals surface area contributed by atoms with Crippen molar-refractivity contribution in [1.29, 1.82) is 0 Å². The van der Waals surface area contributed by atoms with Crippen molar-refractivity contribution in [3.63, 3.8) is 0 Å². The summed E-state index contributed by atoms with van der Waals surface area (Å²) < 4.78 is 0. The van der Waals surface area contributed by atoms with Gasteiger partial charge in [0.05, 0.1) is 11.5 Å². The summed E-state index contributed by atoms with van der Waals surface area (Å²) in [6, 6.07) is -0.0869. The molecule has 0 aromatic carbocycles. The molecule has 128 valence electrons. The molecule has 0 aliphatic carbocycles. The van der Waals surface area contributed by atoms with Gasteiger partial charge in [0.15, 0.2) is 10.9 Å². The van der Waals surface area contributed by atoms with Crippen molar-refractivity contribution < 1.29 is 4.79 Å². The van der Waals surface area contributed by atoms with Crippen LogP contribution in [0, 0.1) is 5.41 Å². The van der Waals surface area contributed by atoms with Gasteiger partial charge >= 0.3 is 0 Å². The van der Waals surface area contributed by atoms with Gasteiger partial charge in [-0.1, -0.05) is 0 Å². The summed E-state index contributed by atoms with van der Waals surface area (Å²) in [7, 11) is 0. The molecule has 1 unspecified atom stereocenters. The van der Waals surface area contributed by atoms with E-state index in [-0.39, 0.29) is 11.9 Å². The molecule has 1 amide bonds. The molecule has 2 aromatic heterocycles. The Bertz CT molecular complexity index is 706. The number of carbonyl (C=O) groups excluding carboxylic acids is 1. The van der Waals surface area contributed by atoms with Gasteiger partial charge in [0.25, 0.3) is 0 Å². The van der Waals surface area contributed by atoms with E-state index in [0.29, 0.717) is 11.7 Å². The van der Waals surface area contributed by atoms with Gasteiger partial charge in [0, 0.05) is 36.4 Å². The van der Waals surface area contributed by atoms with E-state index in [4.69, 9.17) is 11.6 Å². The lowest BCUT2D eigenvalue weighted by Crippen LogP contribution is -2.41. The molecule has 1 saturated heterocycles. The average Bonchev–Trinajstić information content (AvgIpc) is 3.26. The number of nitrogens with one attached hydrogen (secondary N) is 1. The Balaban J connectivity index is 1.89. The molecule has 1 fully saturated rings. The van der Waals surface area contributed by atoms with Crippen molar-refractivity contribution in [2.75, 3.05) is 17.7 Å². The number of thiazole rings is 1. The maximum atomic E-state index is 12.9. The Morgan fingerprint density at radius 3 is 2.88 bits per heavy atom. The molecule has 0 saturated carbocycles. The second kappa shape index (κ2) is 7.03. The summed E-state index contributed by atoms with van der Waals surface area (Å²) >= 11 is 7.49. The van der Waals surface area contributed by atoms with Crippen LogP contribution in [0.15, 0.2) is 24.0 Å². The second-order valence-corrected chi connectivity index (χ2v) is 7.59. The van der Waals surface area contributed by atoms with E-state index in [1.165, 1.54) is 11.3 Å². The first kappa shape index (κ1) is 17.1. The summed E-state index contributed by atoms with van der Waals surface area (Å²) in [5.41, 5.74) is 0.193. The monoisotopic (exact) mass is 365 g/mol. The number of carbonyl (C=O) groups is 1. The van der Waals surface area contributed by atoms with Gasteiger partial charge in [-0.3, -0.25) is 9.78 Å². The minimum Gasteiger partial charge on any atom is -0.333 e. The molecule has 24 heavy (non-hydrogen) atoms. The normalized spacial score (nSPS) is 18.0. The second-order valence-electron chi connectivity index (χ2n) is 6.43. The fourth-order valence-electron chi connectivity index (χ4n) is 2.82. The molecular formula is C16H20ClN5OS. The van der Waals surface area contributed by atoms with Crippen LogP contribution in [0.3, 0.4) is 0 Å². The average molecular weight is 366 g/mol. The van der Waals surface area contributed by atoms with Gasteiger partial charge in [0.1, 0.15) is 5.69 Å². The molecule has 2 aromatic rings. The van der Waals surface area contributed by atoms with Crippen LogP contribution in [0.1, 0.15) is 38.4 Å². The highest BCUT2D eigenvalue weighted by molar-refractivity contribution is 7.13. The fraction of sp³-hybridized carbons (Fsp3) is 0.500.